The fraction of sp³-hybridized carbons (Fsp3) is 0.500. The van der Waals surface area contributed by atoms with Gasteiger partial charge in [0.1, 0.15) is 0 Å². The molecule has 2 amide bonds. The third kappa shape index (κ3) is 11.5. The van der Waals surface area contributed by atoms with E-state index in [0.717, 1.165) is 25.7 Å². The lowest BCUT2D eigenvalue weighted by atomic mass is 10.0. The number of carbonyl (C=O) groups is 3. The number of aliphatic carboxylic acids is 1. The van der Waals surface area contributed by atoms with E-state index in [2.05, 4.69) is 22.8 Å². The van der Waals surface area contributed by atoms with Gasteiger partial charge in [-0.05, 0) is 38.2 Å². The summed E-state index contributed by atoms with van der Waals surface area (Å²) in [5, 5.41) is 13.1. The van der Waals surface area contributed by atoms with Gasteiger partial charge in [-0.3, -0.25) is 9.59 Å². The highest BCUT2D eigenvalue weighted by atomic mass is 19.4. The predicted molar refractivity (Wildman–Crippen MR) is 114 cm³/mol. The normalized spacial score (nSPS) is 16.0. The Morgan fingerprint density at radius 3 is 2.25 bits per heavy atom. The van der Waals surface area contributed by atoms with Gasteiger partial charge >= 0.3 is 12.1 Å². The molecule has 2 rings (SSSR count). The maximum absolute atomic E-state index is 12.1. The number of carboxylic acid groups (broad SMARTS) is 1. The highest BCUT2D eigenvalue weighted by Crippen LogP contribution is 2.17. The lowest BCUT2D eigenvalue weighted by Crippen LogP contribution is -2.43. The van der Waals surface area contributed by atoms with Gasteiger partial charge < -0.3 is 21.5 Å². The van der Waals surface area contributed by atoms with Crippen LogP contribution in [0.15, 0.2) is 42.5 Å². The van der Waals surface area contributed by atoms with Crippen molar-refractivity contribution in [1.29, 1.82) is 0 Å². The van der Waals surface area contributed by atoms with Gasteiger partial charge in [0.15, 0.2) is 0 Å². The first-order valence-corrected chi connectivity index (χ1v) is 10.4. The number of rotatable bonds is 8. The van der Waals surface area contributed by atoms with Gasteiger partial charge in [-0.1, -0.05) is 49.2 Å². The molecule has 2 atom stereocenters. The van der Waals surface area contributed by atoms with Gasteiger partial charge in [-0.2, -0.15) is 13.2 Å². The number of hydrogen-bond donors (Lipinski definition) is 4. The van der Waals surface area contributed by atoms with E-state index in [1.807, 2.05) is 18.2 Å². The lowest BCUT2D eigenvalue weighted by molar-refractivity contribution is -0.192. The van der Waals surface area contributed by atoms with Crippen LogP contribution in [0.25, 0.3) is 0 Å². The summed E-state index contributed by atoms with van der Waals surface area (Å²) < 4.78 is 31.7. The topological polar surface area (TPSA) is 122 Å². The zero-order chi connectivity index (χ0) is 24.1. The van der Waals surface area contributed by atoms with Crippen molar-refractivity contribution in [2.24, 2.45) is 5.73 Å². The van der Waals surface area contributed by atoms with Gasteiger partial charge in [0.05, 0.1) is 6.04 Å². The van der Waals surface area contributed by atoms with E-state index in [1.165, 1.54) is 24.5 Å². The van der Waals surface area contributed by atoms with Crippen LogP contribution in [-0.4, -0.2) is 47.2 Å². The Kier molecular flexibility index (Phi) is 11.5. The molecule has 7 nitrogen and oxygen atoms in total. The lowest BCUT2D eigenvalue weighted by Gasteiger charge is -2.17. The van der Waals surface area contributed by atoms with Crippen molar-refractivity contribution in [3.05, 3.63) is 48.0 Å². The van der Waals surface area contributed by atoms with Crippen molar-refractivity contribution in [3.8, 4) is 0 Å². The molecule has 0 unspecified atom stereocenters. The number of hydrogen-bond acceptors (Lipinski definition) is 4. The fourth-order valence-electron chi connectivity index (χ4n) is 3.02. The summed E-state index contributed by atoms with van der Waals surface area (Å²) in [6.07, 6.45) is 4.23. The molecule has 0 aromatic heterocycles. The van der Waals surface area contributed by atoms with Crippen molar-refractivity contribution in [3.63, 3.8) is 0 Å². The molecule has 0 spiro atoms. The van der Waals surface area contributed by atoms with E-state index >= 15 is 0 Å². The number of halogens is 3. The molecule has 1 aromatic rings. The Labute approximate surface area is 185 Å². The molecule has 1 fully saturated rings. The number of amides is 2. The van der Waals surface area contributed by atoms with Gasteiger partial charge in [0, 0.05) is 18.2 Å². The zero-order valence-corrected chi connectivity index (χ0v) is 17.9. The van der Waals surface area contributed by atoms with Crippen LogP contribution in [0.3, 0.4) is 0 Å². The van der Waals surface area contributed by atoms with Crippen molar-refractivity contribution in [1.82, 2.24) is 10.6 Å². The SMILES string of the molecule is C[C@H](N)C(=O)N[C@H](/C=C/C(=O)NC1CCCC1)CCc1ccccc1.O=C(O)C(F)(F)F. The molecule has 5 N–H and O–H groups in total. The van der Waals surface area contributed by atoms with Crippen molar-refractivity contribution < 1.29 is 32.7 Å². The molecule has 1 saturated carbocycles. The Balaban J connectivity index is 0.000000633. The molecule has 1 aromatic carbocycles. The number of alkyl halides is 3. The second-order valence-electron chi connectivity index (χ2n) is 7.58. The van der Waals surface area contributed by atoms with E-state index in [4.69, 9.17) is 15.6 Å². The molecule has 1 aliphatic carbocycles. The van der Waals surface area contributed by atoms with Gasteiger partial charge in [0.25, 0.3) is 0 Å². The fourth-order valence-corrected chi connectivity index (χ4v) is 3.02. The Bertz CT molecular complexity index is 761. The van der Waals surface area contributed by atoms with Gasteiger partial charge in [0.2, 0.25) is 11.8 Å². The van der Waals surface area contributed by atoms with Crippen LogP contribution in [0.2, 0.25) is 0 Å². The maximum Gasteiger partial charge on any atom is 0.490 e. The number of nitrogens with one attached hydrogen (secondary N) is 2. The third-order valence-electron chi connectivity index (χ3n) is 4.75. The van der Waals surface area contributed by atoms with Crippen LogP contribution in [-0.2, 0) is 20.8 Å². The minimum absolute atomic E-state index is 0.0911. The average molecular weight is 457 g/mol. The smallest absolute Gasteiger partial charge is 0.475 e. The molecule has 0 heterocycles. The first kappa shape index (κ1) is 27.2. The Morgan fingerprint density at radius 1 is 1.19 bits per heavy atom. The maximum atomic E-state index is 12.1. The summed E-state index contributed by atoms with van der Waals surface area (Å²) >= 11 is 0. The molecule has 1 aliphatic rings. The average Bonchev–Trinajstić information content (AvgIpc) is 3.23. The molecular formula is C22H30F3N3O4. The predicted octanol–water partition coefficient (Wildman–Crippen LogP) is 2.70. The number of carboxylic acids is 1. The van der Waals surface area contributed by atoms with Crippen LogP contribution in [0.5, 0.6) is 0 Å². The van der Waals surface area contributed by atoms with Crippen LogP contribution in [0.4, 0.5) is 13.2 Å². The molecular weight excluding hydrogens is 427 g/mol. The monoisotopic (exact) mass is 457 g/mol. The number of aryl methyl sites for hydroxylation is 1. The zero-order valence-electron chi connectivity index (χ0n) is 17.9. The highest BCUT2D eigenvalue weighted by molar-refractivity contribution is 5.88. The minimum Gasteiger partial charge on any atom is -0.475 e. The first-order valence-electron chi connectivity index (χ1n) is 10.4. The largest absolute Gasteiger partial charge is 0.490 e. The highest BCUT2D eigenvalue weighted by Gasteiger charge is 2.38. The molecule has 0 radical (unpaired) electrons. The summed E-state index contributed by atoms with van der Waals surface area (Å²) in [4.78, 5) is 32.9. The van der Waals surface area contributed by atoms with Gasteiger partial charge in [-0.25, -0.2) is 4.79 Å². The standard InChI is InChI=1S/C20H29N3O2.C2HF3O2/c1-15(21)20(25)23-18(12-11-16-7-3-2-4-8-16)13-14-19(24)22-17-9-5-6-10-17;3-2(4,5)1(6)7/h2-4,7-8,13-15,17-18H,5-6,9-12,21H2,1H3,(H,22,24)(H,23,25);(H,6,7)/b14-13+;/t15-,18-;/m0./s1. The summed E-state index contributed by atoms with van der Waals surface area (Å²) in [6.45, 7) is 1.65. The molecule has 10 heteroatoms. The summed E-state index contributed by atoms with van der Waals surface area (Å²) in [7, 11) is 0. The van der Waals surface area contributed by atoms with Crippen LogP contribution in [0, 0.1) is 0 Å². The van der Waals surface area contributed by atoms with Crippen molar-refractivity contribution >= 4 is 17.8 Å². The van der Waals surface area contributed by atoms with Gasteiger partial charge in [-0.15, -0.1) is 0 Å². The van der Waals surface area contributed by atoms with E-state index in [0.29, 0.717) is 6.04 Å². The van der Waals surface area contributed by atoms with Crippen molar-refractivity contribution in [2.75, 3.05) is 0 Å². The number of benzene rings is 1. The number of nitrogens with two attached hydrogens (primary N) is 1. The summed E-state index contributed by atoms with van der Waals surface area (Å²) in [5.41, 5.74) is 6.84. The molecule has 32 heavy (non-hydrogen) atoms. The first-order chi connectivity index (χ1) is 15.0. The Hall–Kier alpha value is -2.88. The molecule has 0 saturated heterocycles. The van der Waals surface area contributed by atoms with Crippen LogP contribution in [0.1, 0.15) is 44.6 Å². The summed E-state index contributed by atoms with van der Waals surface area (Å²) in [6, 6.07) is 9.59. The summed E-state index contributed by atoms with van der Waals surface area (Å²) in [5.74, 6) is -3.06. The molecule has 0 bridgehead atoms. The number of carbonyl (C=O) groups excluding carboxylic acids is 2. The van der Waals surface area contributed by atoms with Crippen LogP contribution >= 0.6 is 0 Å². The molecule has 0 aliphatic heterocycles. The molecule has 178 valence electrons. The van der Waals surface area contributed by atoms with Crippen LogP contribution < -0.4 is 16.4 Å². The van der Waals surface area contributed by atoms with E-state index < -0.39 is 18.2 Å². The van der Waals surface area contributed by atoms with E-state index in [1.54, 1.807) is 13.0 Å². The second kappa shape index (κ2) is 13.5. The van der Waals surface area contributed by atoms with Crippen molar-refractivity contribution in [2.45, 2.75) is 69.8 Å². The third-order valence-corrected chi connectivity index (χ3v) is 4.75. The minimum atomic E-state index is -5.08. The quantitative estimate of drug-likeness (QED) is 0.447. The second-order valence-corrected chi connectivity index (χ2v) is 7.58. The Morgan fingerprint density at radius 2 is 1.75 bits per heavy atom. The van der Waals surface area contributed by atoms with E-state index in [9.17, 15) is 22.8 Å². The van der Waals surface area contributed by atoms with E-state index in [-0.39, 0.29) is 17.9 Å².